The molecule has 1 atom stereocenters. The monoisotopic (exact) mass is 397 g/mol. The van der Waals surface area contributed by atoms with Crippen molar-refractivity contribution in [1.29, 1.82) is 0 Å². The SMILES string of the molecule is CCOc1ccc(N=C2NC(=O)[C@@H](CC(=O)Nc3ccc(C)c(C)c3)S2)cc1. The summed E-state index contributed by atoms with van der Waals surface area (Å²) in [7, 11) is 0. The average molecular weight is 398 g/mol. The highest BCUT2D eigenvalue weighted by Crippen LogP contribution is 2.26. The first-order valence-electron chi connectivity index (χ1n) is 9.11. The summed E-state index contributed by atoms with van der Waals surface area (Å²) in [6.45, 7) is 6.54. The summed E-state index contributed by atoms with van der Waals surface area (Å²) in [5.74, 6) is 0.374. The van der Waals surface area contributed by atoms with Crippen LogP contribution in [0.1, 0.15) is 24.5 Å². The molecule has 2 aromatic carbocycles. The number of nitrogens with one attached hydrogen (secondary N) is 2. The molecule has 1 fully saturated rings. The quantitative estimate of drug-likeness (QED) is 0.773. The van der Waals surface area contributed by atoms with E-state index in [1.54, 1.807) is 0 Å². The second-order valence-electron chi connectivity index (χ2n) is 6.49. The molecular weight excluding hydrogens is 374 g/mol. The lowest BCUT2D eigenvalue weighted by atomic mass is 10.1. The molecule has 6 nitrogen and oxygen atoms in total. The van der Waals surface area contributed by atoms with E-state index in [-0.39, 0.29) is 18.2 Å². The Kier molecular flexibility index (Phi) is 6.36. The Morgan fingerprint density at radius 2 is 1.93 bits per heavy atom. The first kappa shape index (κ1) is 19.9. The lowest BCUT2D eigenvalue weighted by Crippen LogP contribution is -2.28. The highest BCUT2D eigenvalue weighted by Gasteiger charge is 2.32. The number of aryl methyl sites for hydroxylation is 2. The third-order valence-corrected chi connectivity index (χ3v) is 5.40. The summed E-state index contributed by atoms with van der Waals surface area (Å²) in [5, 5.41) is 5.60. The van der Waals surface area contributed by atoms with E-state index in [2.05, 4.69) is 15.6 Å². The zero-order chi connectivity index (χ0) is 20.1. The van der Waals surface area contributed by atoms with Gasteiger partial charge in [-0.2, -0.15) is 0 Å². The van der Waals surface area contributed by atoms with Gasteiger partial charge in [-0.25, -0.2) is 4.99 Å². The Labute approximate surface area is 168 Å². The molecule has 0 unspecified atom stereocenters. The lowest BCUT2D eigenvalue weighted by Gasteiger charge is -2.09. The Morgan fingerprint density at radius 1 is 1.18 bits per heavy atom. The van der Waals surface area contributed by atoms with Crippen LogP contribution in [0.2, 0.25) is 0 Å². The van der Waals surface area contributed by atoms with Crippen LogP contribution in [0.5, 0.6) is 5.75 Å². The number of hydrogen-bond donors (Lipinski definition) is 2. The van der Waals surface area contributed by atoms with E-state index in [1.165, 1.54) is 17.3 Å². The van der Waals surface area contributed by atoms with Gasteiger partial charge < -0.3 is 15.4 Å². The lowest BCUT2D eigenvalue weighted by molar-refractivity contribution is -0.122. The molecule has 0 aliphatic carbocycles. The second kappa shape index (κ2) is 8.93. The van der Waals surface area contributed by atoms with Crippen LogP contribution in [0.3, 0.4) is 0 Å². The van der Waals surface area contributed by atoms with E-state index in [1.807, 2.05) is 63.2 Å². The fourth-order valence-electron chi connectivity index (χ4n) is 2.69. The van der Waals surface area contributed by atoms with Crippen molar-refractivity contribution in [2.45, 2.75) is 32.4 Å². The summed E-state index contributed by atoms with van der Waals surface area (Å²) in [6.07, 6.45) is 0.0890. The topological polar surface area (TPSA) is 79.8 Å². The fourth-order valence-corrected chi connectivity index (χ4v) is 3.68. The Balaban J connectivity index is 1.59. The first-order valence-corrected chi connectivity index (χ1v) is 9.98. The van der Waals surface area contributed by atoms with Gasteiger partial charge in [-0.1, -0.05) is 17.8 Å². The molecule has 0 saturated carbocycles. The van der Waals surface area contributed by atoms with Crippen molar-refractivity contribution in [3.05, 3.63) is 53.6 Å². The van der Waals surface area contributed by atoms with Gasteiger partial charge in [-0.15, -0.1) is 0 Å². The van der Waals surface area contributed by atoms with Crippen LogP contribution < -0.4 is 15.4 Å². The third-order valence-electron chi connectivity index (χ3n) is 4.32. The molecule has 0 radical (unpaired) electrons. The predicted molar refractivity (Wildman–Crippen MR) is 113 cm³/mol. The average Bonchev–Trinajstić information content (AvgIpc) is 2.99. The number of thioether (sulfide) groups is 1. The largest absolute Gasteiger partial charge is 0.494 e. The second-order valence-corrected chi connectivity index (χ2v) is 7.68. The first-order chi connectivity index (χ1) is 13.4. The highest BCUT2D eigenvalue weighted by atomic mass is 32.2. The van der Waals surface area contributed by atoms with Crippen LogP contribution in [0, 0.1) is 13.8 Å². The molecule has 2 aromatic rings. The number of amidine groups is 1. The molecule has 2 N–H and O–H groups in total. The highest BCUT2D eigenvalue weighted by molar-refractivity contribution is 8.15. The van der Waals surface area contributed by atoms with Crippen LogP contribution >= 0.6 is 11.8 Å². The summed E-state index contributed by atoms with van der Waals surface area (Å²) >= 11 is 1.27. The van der Waals surface area contributed by atoms with Gasteiger partial charge in [0, 0.05) is 12.1 Å². The van der Waals surface area contributed by atoms with Crippen LogP contribution in [-0.2, 0) is 9.59 Å². The number of carbonyl (C=O) groups is 2. The maximum absolute atomic E-state index is 12.3. The summed E-state index contributed by atoms with van der Waals surface area (Å²) < 4.78 is 5.40. The Morgan fingerprint density at radius 3 is 2.61 bits per heavy atom. The van der Waals surface area contributed by atoms with E-state index >= 15 is 0 Å². The third kappa shape index (κ3) is 5.13. The molecule has 146 valence electrons. The van der Waals surface area contributed by atoms with Crippen LogP contribution in [0.25, 0.3) is 0 Å². The zero-order valence-corrected chi connectivity index (χ0v) is 16.9. The number of rotatable bonds is 6. The summed E-state index contributed by atoms with van der Waals surface area (Å²) in [5.41, 5.74) is 3.72. The zero-order valence-electron chi connectivity index (χ0n) is 16.1. The van der Waals surface area contributed by atoms with Crippen LogP contribution in [0.4, 0.5) is 11.4 Å². The maximum atomic E-state index is 12.3. The van der Waals surface area contributed by atoms with Crippen molar-refractivity contribution in [2.24, 2.45) is 4.99 Å². The number of anilines is 1. The van der Waals surface area contributed by atoms with Gasteiger partial charge in [0.25, 0.3) is 0 Å². The van der Waals surface area contributed by atoms with Crippen molar-refractivity contribution in [2.75, 3.05) is 11.9 Å². The molecule has 1 aliphatic heterocycles. The molecule has 1 heterocycles. The Bertz CT molecular complexity index is 910. The minimum absolute atomic E-state index is 0.0890. The molecule has 0 spiro atoms. The van der Waals surface area contributed by atoms with E-state index < -0.39 is 5.25 Å². The van der Waals surface area contributed by atoms with Crippen molar-refractivity contribution in [3.8, 4) is 5.75 Å². The minimum Gasteiger partial charge on any atom is -0.494 e. The van der Waals surface area contributed by atoms with Gasteiger partial charge in [0.15, 0.2) is 5.17 Å². The van der Waals surface area contributed by atoms with E-state index in [0.717, 1.165) is 17.0 Å². The molecule has 3 rings (SSSR count). The standard InChI is InChI=1S/C21H23N3O3S/c1-4-27-17-9-7-15(8-10-17)23-21-24-20(26)18(28-21)12-19(25)22-16-6-5-13(2)14(3)11-16/h5-11,18H,4,12H2,1-3H3,(H,22,25)(H,23,24,26)/t18-/m1/s1. The van der Waals surface area contributed by atoms with Crippen molar-refractivity contribution >= 4 is 40.1 Å². The van der Waals surface area contributed by atoms with Crippen molar-refractivity contribution < 1.29 is 14.3 Å². The van der Waals surface area contributed by atoms with Crippen LogP contribution in [-0.4, -0.2) is 28.8 Å². The number of benzene rings is 2. The normalized spacial score (nSPS) is 17.5. The van der Waals surface area contributed by atoms with Gasteiger partial charge in [0.1, 0.15) is 11.0 Å². The molecule has 28 heavy (non-hydrogen) atoms. The minimum atomic E-state index is -0.493. The summed E-state index contributed by atoms with van der Waals surface area (Å²) in [4.78, 5) is 28.9. The van der Waals surface area contributed by atoms with Crippen molar-refractivity contribution in [1.82, 2.24) is 5.32 Å². The van der Waals surface area contributed by atoms with Gasteiger partial charge in [0.2, 0.25) is 11.8 Å². The van der Waals surface area contributed by atoms with Gasteiger partial charge >= 0.3 is 0 Å². The van der Waals surface area contributed by atoms with Gasteiger partial charge in [-0.05, 0) is 68.3 Å². The summed E-state index contributed by atoms with van der Waals surface area (Å²) in [6, 6.07) is 13.1. The number of aliphatic imine (C=N–C) groups is 1. The van der Waals surface area contributed by atoms with E-state index in [0.29, 0.717) is 17.5 Å². The number of ether oxygens (including phenoxy) is 1. The fraction of sp³-hybridized carbons (Fsp3) is 0.286. The molecule has 1 saturated heterocycles. The molecule has 1 aliphatic rings. The molecular formula is C21H23N3O3S. The number of hydrogen-bond acceptors (Lipinski definition) is 5. The van der Waals surface area contributed by atoms with E-state index in [4.69, 9.17) is 4.74 Å². The predicted octanol–water partition coefficient (Wildman–Crippen LogP) is 3.95. The van der Waals surface area contributed by atoms with Crippen molar-refractivity contribution in [3.63, 3.8) is 0 Å². The van der Waals surface area contributed by atoms with Gasteiger partial charge in [0.05, 0.1) is 12.3 Å². The van der Waals surface area contributed by atoms with Crippen LogP contribution in [0.15, 0.2) is 47.5 Å². The smallest absolute Gasteiger partial charge is 0.240 e. The number of carbonyl (C=O) groups excluding carboxylic acids is 2. The maximum Gasteiger partial charge on any atom is 0.240 e. The molecule has 0 aromatic heterocycles. The molecule has 7 heteroatoms. The van der Waals surface area contributed by atoms with Gasteiger partial charge in [-0.3, -0.25) is 9.59 Å². The molecule has 2 amide bonds. The van der Waals surface area contributed by atoms with E-state index in [9.17, 15) is 9.59 Å². The number of nitrogens with zero attached hydrogens (tertiary/aromatic N) is 1. The number of amides is 2. The molecule has 0 bridgehead atoms. The Hall–Kier alpha value is -2.80.